The molecule has 0 N–H and O–H groups in total. The Morgan fingerprint density at radius 2 is 1.05 bits per heavy atom. The van der Waals surface area contributed by atoms with Crippen LogP contribution in [0.2, 0.25) is 0 Å². The van der Waals surface area contributed by atoms with Crippen molar-refractivity contribution in [2.75, 3.05) is 9.80 Å². The van der Waals surface area contributed by atoms with Crippen molar-refractivity contribution in [1.82, 2.24) is 0 Å². The highest BCUT2D eigenvalue weighted by Gasteiger charge is 2.53. The summed E-state index contributed by atoms with van der Waals surface area (Å²) in [5, 5.41) is 16.9. The number of nitrogens with zero attached hydrogens (tertiary/aromatic N) is 3. The van der Waals surface area contributed by atoms with Gasteiger partial charge in [-0.3, -0.25) is 0 Å². The molecule has 11 aromatic rings. The number of hydrogen-bond donors (Lipinski definition) is 0. The molecule has 0 unspecified atom stereocenters. The molecule has 1 aliphatic heterocycles. The molecule has 0 atom stereocenters. The number of furan rings is 1. The standard InChI is InChI=1S/C59H37N3O/c1-37-17-5-12-29-50(37)62(53-32-16-26-45-44-25-15-19-39(36-60)57(44)63-58(45)53)54-35-49-56(43-24-9-8-23-42(43)54)55-41-22-7-6-18-38(41)33-34-48(55)59(49)46-27-10-13-30-51(46)61(40-20-3-2-4-21-40)52-31-14-11-28-47(52)59/h2-35H,1H3. The molecule has 294 valence electrons. The van der Waals surface area contributed by atoms with Crippen LogP contribution in [0.4, 0.5) is 34.1 Å². The van der Waals surface area contributed by atoms with Gasteiger partial charge in [-0.25, -0.2) is 0 Å². The summed E-state index contributed by atoms with van der Waals surface area (Å²) in [6.45, 7) is 2.18. The van der Waals surface area contributed by atoms with Crippen LogP contribution in [0.15, 0.2) is 211 Å². The van der Waals surface area contributed by atoms with E-state index in [4.69, 9.17) is 4.42 Å². The van der Waals surface area contributed by atoms with E-state index < -0.39 is 5.41 Å². The summed E-state index contributed by atoms with van der Waals surface area (Å²) in [7, 11) is 0. The van der Waals surface area contributed by atoms with E-state index >= 15 is 0 Å². The Morgan fingerprint density at radius 1 is 0.460 bits per heavy atom. The third-order valence-corrected chi connectivity index (χ3v) is 13.6. The first-order chi connectivity index (χ1) is 31.2. The molecule has 1 aliphatic carbocycles. The summed E-state index contributed by atoms with van der Waals surface area (Å²) < 4.78 is 6.86. The number of fused-ring (bicyclic) bond motifs is 16. The number of aryl methyl sites for hydroxylation is 1. The van der Waals surface area contributed by atoms with Crippen molar-refractivity contribution in [3.8, 4) is 17.2 Å². The first-order valence-corrected chi connectivity index (χ1v) is 21.5. The maximum absolute atomic E-state index is 10.2. The van der Waals surface area contributed by atoms with E-state index in [2.05, 4.69) is 217 Å². The fraction of sp³-hybridized carbons (Fsp3) is 0.0339. The molecule has 1 aromatic heterocycles. The van der Waals surface area contributed by atoms with Gasteiger partial charge in [-0.15, -0.1) is 0 Å². The van der Waals surface area contributed by atoms with E-state index in [9.17, 15) is 5.26 Å². The largest absolute Gasteiger partial charge is 0.452 e. The van der Waals surface area contributed by atoms with E-state index in [1.807, 2.05) is 12.1 Å². The van der Waals surface area contributed by atoms with E-state index in [1.165, 1.54) is 49.5 Å². The van der Waals surface area contributed by atoms with Crippen LogP contribution in [-0.4, -0.2) is 0 Å². The minimum Gasteiger partial charge on any atom is -0.452 e. The number of nitriles is 1. The topological polar surface area (TPSA) is 43.4 Å². The Labute approximate surface area is 364 Å². The van der Waals surface area contributed by atoms with Crippen LogP contribution >= 0.6 is 0 Å². The predicted octanol–water partition coefficient (Wildman–Crippen LogP) is 15.7. The van der Waals surface area contributed by atoms with Crippen molar-refractivity contribution in [2.45, 2.75) is 12.3 Å². The molecule has 2 aliphatic rings. The van der Waals surface area contributed by atoms with Gasteiger partial charge in [0.15, 0.2) is 11.2 Å². The van der Waals surface area contributed by atoms with Gasteiger partial charge >= 0.3 is 0 Å². The lowest BCUT2D eigenvalue weighted by atomic mass is 9.64. The van der Waals surface area contributed by atoms with Crippen LogP contribution < -0.4 is 9.80 Å². The smallest absolute Gasteiger partial charge is 0.159 e. The van der Waals surface area contributed by atoms with Gasteiger partial charge in [-0.05, 0) is 111 Å². The molecule has 13 rings (SSSR count). The monoisotopic (exact) mass is 803 g/mol. The molecule has 0 bridgehead atoms. The van der Waals surface area contributed by atoms with Gasteiger partial charge in [0.2, 0.25) is 0 Å². The third kappa shape index (κ3) is 4.74. The first kappa shape index (κ1) is 35.4. The quantitative estimate of drug-likeness (QED) is 0.178. The molecule has 0 fully saturated rings. The number of hydrogen-bond acceptors (Lipinski definition) is 4. The summed E-state index contributed by atoms with van der Waals surface area (Å²) in [5.41, 5.74) is 16.2. The highest BCUT2D eigenvalue weighted by molar-refractivity contribution is 6.18. The molecular formula is C59H37N3O. The highest BCUT2D eigenvalue weighted by Crippen LogP contribution is 2.66. The Hall–Kier alpha value is -8.39. The molecular weight excluding hydrogens is 767 g/mol. The van der Waals surface area contributed by atoms with Gasteiger partial charge in [0, 0.05) is 27.5 Å². The predicted molar refractivity (Wildman–Crippen MR) is 258 cm³/mol. The Kier molecular flexibility index (Phi) is 7.47. The van der Waals surface area contributed by atoms with Crippen LogP contribution in [0.5, 0.6) is 0 Å². The number of anilines is 6. The molecule has 4 nitrogen and oxygen atoms in total. The van der Waals surface area contributed by atoms with Crippen molar-refractivity contribution in [1.29, 1.82) is 5.26 Å². The van der Waals surface area contributed by atoms with Crippen molar-refractivity contribution >= 4 is 77.6 Å². The molecule has 2 heterocycles. The summed E-state index contributed by atoms with van der Waals surface area (Å²) >= 11 is 0. The minimum atomic E-state index is -0.698. The van der Waals surface area contributed by atoms with E-state index in [0.29, 0.717) is 11.1 Å². The van der Waals surface area contributed by atoms with Crippen molar-refractivity contribution < 1.29 is 4.42 Å². The van der Waals surface area contributed by atoms with Gasteiger partial charge in [0.1, 0.15) is 6.07 Å². The first-order valence-electron chi connectivity index (χ1n) is 21.5. The third-order valence-electron chi connectivity index (χ3n) is 13.6. The lowest BCUT2D eigenvalue weighted by Gasteiger charge is -2.45. The molecule has 0 saturated carbocycles. The molecule has 0 saturated heterocycles. The van der Waals surface area contributed by atoms with Gasteiger partial charge < -0.3 is 14.2 Å². The number of rotatable bonds is 4. The fourth-order valence-electron chi connectivity index (χ4n) is 11.1. The zero-order valence-corrected chi connectivity index (χ0v) is 34.4. The second-order valence-corrected chi connectivity index (χ2v) is 16.7. The Morgan fingerprint density at radius 3 is 1.81 bits per heavy atom. The zero-order chi connectivity index (χ0) is 41.8. The molecule has 1 spiro atoms. The van der Waals surface area contributed by atoms with E-state index in [1.54, 1.807) is 0 Å². The fourth-order valence-corrected chi connectivity index (χ4v) is 11.1. The average Bonchev–Trinajstić information content (AvgIpc) is 3.88. The molecule has 0 radical (unpaired) electrons. The molecule has 63 heavy (non-hydrogen) atoms. The van der Waals surface area contributed by atoms with Crippen molar-refractivity contribution in [2.24, 2.45) is 0 Å². The van der Waals surface area contributed by atoms with Gasteiger partial charge in [-0.2, -0.15) is 5.26 Å². The van der Waals surface area contributed by atoms with Crippen LogP contribution in [0.3, 0.4) is 0 Å². The minimum absolute atomic E-state index is 0.520. The van der Waals surface area contributed by atoms with Crippen molar-refractivity contribution in [3.63, 3.8) is 0 Å². The average molecular weight is 804 g/mol. The molecule has 10 aromatic carbocycles. The number of para-hydroxylation sites is 6. The van der Waals surface area contributed by atoms with Crippen molar-refractivity contribution in [3.05, 3.63) is 240 Å². The second-order valence-electron chi connectivity index (χ2n) is 16.7. The summed E-state index contributed by atoms with van der Waals surface area (Å²) in [5.74, 6) is 0. The number of benzene rings is 10. The van der Waals surface area contributed by atoms with Crippen LogP contribution in [-0.2, 0) is 5.41 Å². The normalized spacial score (nSPS) is 13.2. The van der Waals surface area contributed by atoms with Crippen LogP contribution in [0.1, 0.15) is 33.4 Å². The van der Waals surface area contributed by atoms with Gasteiger partial charge in [0.25, 0.3) is 0 Å². The maximum Gasteiger partial charge on any atom is 0.159 e. The van der Waals surface area contributed by atoms with Gasteiger partial charge in [0.05, 0.1) is 33.7 Å². The van der Waals surface area contributed by atoms with Crippen LogP contribution in [0, 0.1) is 18.3 Å². The maximum atomic E-state index is 10.2. The van der Waals surface area contributed by atoms with E-state index in [0.717, 1.165) is 61.4 Å². The highest BCUT2D eigenvalue weighted by atomic mass is 16.3. The lowest BCUT2D eigenvalue weighted by molar-refractivity contribution is 0.668. The Balaban J connectivity index is 1.21. The second kappa shape index (κ2) is 13.3. The molecule has 0 amide bonds. The summed E-state index contributed by atoms with van der Waals surface area (Å²) in [6, 6.07) is 77.0. The van der Waals surface area contributed by atoms with E-state index in [-0.39, 0.29) is 0 Å². The van der Waals surface area contributed by atoms with Gasteiger partial charge in [-0.1, -0.05) is 158 Å². The zero-order valence-electron chi connectivity index (χ0n) is 34.4. The molecule has 4 heteroatoms. The SMILES string of the molecule is Cc1ccccc1N(c1cc2c(c3ccccc13)-c1c(ccc3ccccc13)C21c2ccccc2N(c2ccccc2)c2ccccc21)c1cccc2c1oc1c(C#N)cccc12. The summed E-state index contributed by atoms with van der Waals surface area (Å²) in [4.78, 5) is 4.84. The summed E-state index contributed by atoms with van der Waals surface area (Å²) in [6.07, 6.45) is 0. The van der Waals surface area contributed by atoms with Crippen LogP contribution in [0.25, 0.3) is 54.6 Å². The Bertz CT molecular complexity index is 3700. The lowest BCUT2D eigenvalue weighted by Crippen LogP contribution is -2.36.